The first-order valence-corrected chi connectivity index (χ1v) is 10.3. The Morgan fingerprint density at radius 1 is 1.03 bits per heavy atom. The number of halogens is 3. The van der Waals surface area contributed by atoms with Gasteiger partial charge in [0.2, 0.25) is 0 Å². The average molecular weight is 452 g/mol. The Kier molecular flexibility index (Phi) is 6.25. The van der Waals surface area contributed by atoms with E-state index >= 15 is 0 Å². The number of rotatable bonds is 2. The number of benzene rings is 1. The van der Waals surface area contributed by atoms with E-state index in [2.05, 4.69) is 29.2 Å². The molecule has 1 aromatic carbocycles. The summed E-state index contributed by atoms with van der Waals surface area (Å²) < 4.78 is 42.4. The molecule has 2 aromatic rings. The van der Waals surface area contributed by atoms with Gasteiger partial charge >= 0.3 is 12.1 Å². The zero-order chi connectivity index (χ0) is 22.9. The lowest BCUT2D eigenvalue weighted by Gasteiger charge is -2.36. The van der Waals surface area contributed by atoms with Crippen molar-refractivity contribution in [3.63, 3.8) is 0 Å². The quantitative estimate of drug-likeness (QED) is 0.754. The van der Waals surface area contributed by atoms with E-state index in [0.29, 0.717) is 23.4 Å². The van der Waals surface area contributed by atoms with Gasteiger partial charge in [-0.15, -0.1) is 0 Å². The first-order valence-electron chi connectivity index (χ1n) is 10.3. The predicted octanol–water partition coefficient (Wildman–Crippen LogP) is 3.16. The molecule has 172 valence electrons. The lowest BCUT2D eigenvalue weighted by molar-refractivity contribution is -0.192. The topological polar surface area (TPSA) is 83.2 Å². The summed E-state index contributed by atoms with van der Waals surface area (Å²) in [6.45, 7) is 5.15. The van der Waals surface area contributed by atoms with Gasteiger partial charge in [0.25, 0.3) is 5.91 Å². The van der Waals surface area contributed by atoms with Crippen LogP contribution in [0.25, 0.3) is 0 Å². The van der Waals surface area contributed by atoms with E-state index in [1.54, 1.807) is 18.6 Å². The van der Waals surface area contributed by atoms with Gasteiger partial charge in [-0.1, -0.05) is 24.3 Å². The molecule has 0 bridgehead atoms. The van der Waals surface area contributed by atoms with Gasteiger partial charge in [-0.3, -0.25) is 9.69 Å². The standard InChI is InChI=1S/C20H22N2O3.C2HF3O2/c23-20(14-5-8-25-13-14)22-11-17-15-3-1-2-4-16(15)19(18(17)12-22)21-6-9-24-10-7-21;3-2(4,5)1(6)7/h1-5,8,13,17-19H,6-7,9-12H2;(H,6,7)/t17-,18-,19-;/m0./s1. The maximum atomic E-state index is 12.8. The number of carbonyl (C=O) groups excluding carboxylic acids is 1. The van der Waals surface area contributed by atoms with Gasteiger partial charge in [0, 0.05) is 44.1 Å². The van der Waals surface area contributed by atoms with Crippen LogP contribution < -0.4 is 0 Å². The number of fused-ring (bicyclic) bond motifs is 3. The van der Waals surface area contributed by atoms with Crippen molar-refractivity contribution in [3.8, 4) is 0 Å². The van der Waals surface area contributed by atoms with E-state index in [0.717, 1.165) is 39.4 Å². The van der Waals surface area contributed by atoms with Crippen LogP contribution in [0, 0.1) is 5.92 Å². The molecule has 3 aliphatic rings. The Labute approximate surface area is 182 Å². The molecule has 0 spiro atoms. The molecule has 5 rings (SSSR count). The molecule has 3 atom stereocenters. The van der Waals surface area contributed by atoms with Gasteiger partial charge in [0.15, 0.2) is 0 Å². The number of alkyl halides is 3. The number of carboxylic acid groups (broad SMARTS) is 1. The fourth-order valence-electron chi connectivity index (χ4n) is 4.88. The maximum Gasteiger partial charge on any atom is 0.490 e. The van der Waals surface area contributed by atoms with Crippen LogP contribution in [0.15, 0.2) is 47.3 Å². The molecule has 2 fully saturated rings. The fourth-order valence-corrected chi connectivity index (χ4v) is 4.88. The highest BCUT2D eigenvalue weighted by Gasteiger charge is 2.49. The van der Waals surface area contributed by atoms with Gasteiger partial charge in [0.1, 0.15) is 6.26 Å². The van der Waals surface area contributed by atoms with E-state index in [1.807, 2.05) is 4.90 Å². The zero-order valence-corrected chi connectivity index (χ0v) is 17.1. The predicted molar refractivity (Wildman–Crippen MR) is 106 cm³/mol. The molecule has 32 heavy (non-hydrogen) atoms. The Morgan fingerprint density at radius 3 is 2.28 bits per heavy atom. The molecule has 3 heterocycles. The van der Waals surface area contributed by atoms with E-state index in [4.69, 9.17) is 19.1 Å². The molecule has 0 radical (unpaired) electrons. The van der Waals surface area contributed by atoms with Crippen LogP contribution in [0.2, 0.25) is 0 Å². The smallest absolute Gasteiger partial charge is 0.475 e. The summed E-state index contributed by atoms with van der Waals surface area (Å²) in [5, 5.41) is 7.12. The SMILES string of the molecule is O=C(O)C(F)(F)F.O=C(c1ccoc1)N1C[C@H]2[C@@H](C1)c1ccccc1[C@@H]2N1CCOCC1. The number of carboxylic acids is 1. The molecule has 10 heteroatoms. The van der Waals surface area contributed by atoms with Crippen molar-refractivity contribution >= 4 is 11.9 Å². The van der Waals surface area contributed by atoms with Crippen molar-refractivity contribution in [1.29, 1.82) is 0 Å². The number of furan rings is 1. The first-order chi connectivity index (χ1) is 15.3. The number of amides is 1. The Bertz CT molecular complexity index is 957. The van der Waals surface area contributed by atoms with Crippen molar-refractivity contribution in [1.82, 2.24) is 9.80 Å². The summed E-state index contributed by atoms with van der Waals surface area (Å²) in [6, 6.07) is 10.9. The molecule has 1 aliphatic carbocycles. The highest BCUT2D eigenvalue weighted by molar-refractivity contribution is 5.94. The highest BCUT2D eigenvalue weighted by atomic mass is 19.4. The molecule has 0 saturated carbocycles. The monoisotopic (exact) mass is 452 g/mol. The highest BCUT2D eigenvalue weighted by Crippen LogP contribution is 2.51. The van der Waals surface area contributed by atoms with E-state index in [-0.39, 0.29) is 5.91 Å². The van der Waals surface area contributed by atoms with Crippen LogP contribution in [-0.4, -0.2) is 72.4 Å². The lowest BCUT2D eigenvalue weighted by atomic mass is 9.93. The van der Waals surface area contributed by atoms with E-state index in [1.165, 1.54) is 11.1 Å². The van der Waals surface area contributed by atoms with E-state index in [9.17, 15) is 18.0 Å². The fraction of sp³-hybridized carbons (Fsp3) is 0.455. The van der Waals surface area contributed by atoms with Crippen molar-refractivity contribution < 1.29 is 37.0 Å². The first kappa shape index (κ1) is 22.3. The zero-order valence-electron chi connectivity index (χ0n) is 17.1. The molecule has 2 saturated heterocycles. The average Bonchev–Trinajstić information content (AvgIpc) is 3.50. The number of hydrogen-bond acceptors (Lipinski definition) is 5. The molecule has 2 aliphatic heterocycles. The molecular formula is C22H23F3N2O5. The van der Waals surface area contributed by atoms with Crippen LogP contribution in [-0.2, 0) is 9.53 Å². The second kappa shape index (κ2) is 8.95. The number of morpholine rings is 1. The maximum absolute atomic E-state index is 12.8. The Morgan fingerprint density at radius 2 is 1.69 bits per heavy atom. The number of hydrogen-bond donors (Lipinski definition) is 1. The van der Waals surface area contributed by atoms with Crippen LogP contribution in [0.5, 0.6) is 0 Å². The number of ether oxygens (including phenoxy) is 1. The van der Waals surface area contributed by atoms with Crippen molar-refractivity contribution in [2.24, 2.45) is 5.92 Å². The normalized spacial score (nSPS) is 25.0. The number of aliphatic carboxylic acids is 1. The van der Waals surface area contributed by atoms with Gasteiger partial charge in [0.05, 0.1) is 25.0 Å². The second-order valence-electron chi connectivity index (χ2n) is 8.02. The van der Waals surface area contributed by atoms with E-state index < -0.39 is 12.1 Å². The largest absolute Gasteiger partial charge is 0.490 e. The number of carbonyl (C=O) groups is 2. The minimum absolute atomic E-state index is 0.0846. The summed E-state index contributed by atoms with van der Waals surface area (Å²) in [6.07, 6.45) is -1.97. The lowest BCUT2D eigenvalue weighted by Crippen LogP contribution is -2.42. The third-order valence-corrected chi connectivity index (χ3v) is 6.22. The third kappa shape index (κ3) is 4.37. The molecule has 0 unspecified atom stereocenters. The minimum Gasteiger partial charge on any atom is -0.475 e. The van der Waals surface area contributed by atoms with Gasteiger partial charge in [-0.2, -0.15) is 13.2 Å². The summed E-state index contributed by atoms with van der Waals surface area (Å²) >= 11 is 0. The number of likely N-dealkylation sites (tertiary alicyclic amines) is 1. The molecular weight excluding hydrogens is 429 g/mol. The Hall–Kier alpha value is -2.85. The van der Waals surface area contributed by atoms with Crippen LogP contribution in [0.1, 0.15) is 33.4 Å². The molecule has 1 N–H and O–H groups in total. The van der Waals surface area contributed by atoms with Crippen molar-refractivity contribution in [3.05, 3.63) is 59.5 Å². The molecule has 1 aromatic heterocycles. The number of nitrogens with zero attached hydrogens (tertiary/aromatic N) is 2. The van der Waals surface area contributed by atoms with Crippen molar-refractivity contribution in [2.45, 2.75) is 18.1 Å². The second-order valence-corrected chi connectivity index (χ2v) is 8.02. The van der Waals surface area contributed by atoms with Crippen LogP contribution in [0.3, 0.4) is 0 Å². The minimum atomic E-state index is -5.08. The van der Waals surface area contributed by atoms with Gasteiger partial charge < -0.3 is 19.2 Å². The molecule has 1 amide bonds. The van der Waals surface area contributed by atoms with Crippen molar-refractivity contribution in [2.75, 3.05) is 39.4 Å². The third-order valence-electron chi connectivity index (χ3n) is 6.22. The Balaban J connectivity index is 0.000000307. The summed E-state index contributed by atoms with van der Waals surface area (Å²) in [5.74, 6) is -1.78. The van der Waals surface area contributed by atoms with Gasteiger partial charge in [-0.05, 0) is 17.2 Å². The van der Waals surface area contributed by atoms with Crippen LogP contribution >= 0.6 is 0 Å². The molecule has 7 nitrogen and oxygen atoms in total. The summed E-state index contributed by atoms with van der Waals surface area (Å²) in [7, 11) is 0. The van der Waals surface area contributed by atoms with Crippen LogP contribution in [0.4, 0.5) is 13.2 Å². The van der Waals surface area contributed by atoms with Gasteiger partial charge in [-0.25, -0.2) is 4.79 Å². The summed E-state index contributed by atoms with van der Waals surface area (Å²) in [4.78, 5) is 26.2. The summed E-state index contributed by atoms with van der Waals surface area (Å²) in [5.41, 5.74) is 3.53.